The van der Waals surface area contributed by atoms with Crippen molar-refractivity contribution in [2.45, 2.75) is 10.7 Å². The lowest BCUT2D eigenvalue weighted by atomic mass is 10.5. The Labute approximate surface area is 176 Å². The maximum atomic E-state index is 11.7. The molecule has 29 heavy (non-hydrogen) atoms. The Morgan fingerprint density at radius 2 is 0.897 bits per heavy atom. The van der Waals surface area contributed by atoms with E-state index in [0.29, 0.717) is 0 Å². The normalized spacial score (nSPS) is 13.4. The molecule has 0 saturated carbocycles. The lowest BCUT2D eigenvalue weighted by Gasteiger charge is -2.53. The largest absolute Gasteiger partial charge is 0.516 e. The molecule has 0 aromatic rings. The first-order valence-corrected chi connectivity index (χ1v) is 13.7. The molecule has 0 heterocycles. The summed E-state index contributed by atoms with van der Waals surface area (Å²) in [4.78, 5) is 11.7. The lowest BCUT2D eigenvalue weighted by molar-refractivity contribution is 0.0294. The molecule has 0 fully saturated rings. The van der Waals surface area contributed by atoms with E-state index in [1.54, 1.807) is 0 Å². The Hall–Kier alpha value is -0.439. The average molecular weight is 478 g/mol. The summed E-state index contributed by atoms with van der Waals surface area (Å²) in [6, 6.07) is 0. The van der Waals surface area contributed by atoms with Crippen LogP contribution in [-0.2, 0) is 44.6 Å². The number of nitrogens with one attached hydrogen (secondary N) is 1. The summed E-state index contributed by atoms with van der Waals surface area (Å²) >= 11 is 0. The van der Waals surface area contributed by atoms with Crippen LogP contribution in [0.4, 0.5) is 4.79 Å². The van der Waals surface area contributed by atoms with Gasteiger partial charge < -0.3 is 49.9 Å². The molecule has 0 atom stereocenters. The molecule has 0 aliphatic carbocycles. The van der Waals surface area contributed by atoms with Crippen LogP contribution >= 0.6 is 0 Å². The molecule has 1 amide bonds. The van der Waals surface area contributed by atoms with E-state index in [2.05, 4.69) is 10.1 Å². The molecule has 0 aliphatic heterocycles. The minimum Gasteiger partial charge on any atom is -0.453 e. The zero-order valence-electron chi connectivity index (χ0n) is 18.9. The number of carbonyl (C=O) groups excluding carboxylic acids is 1. The van der Waals surface area contributed by atoms with Crippen LogP contribution in [-0.4, -0.2) is 110 Å². The number of hydrogen-bond acceptors (Lipinski definition) is 11. The molecule has 0 aliphatic rings. The number of rotatable bonds is 15. The Balaban J connectivity index is 7.16. The fraction of sp³-hybridized carbons (Fsp3) is 0.929. The SMILES string of the molecule is COC(=O)NCCC([Si](OC)(OC)OC)([Si](OC)(OC)OC)[Si](OC)(OC)OC. The van der Waals surface area contributed by atoms with Gasteiger partial charge in [0.2, 0.25) is 0 Å². The van der Waals surface area contributed by atoms with Crippen LogP contribution in [0.15, 0.2) is 0 Å². The third-order valence-corrected chi connectivity index (χ3v) is 19.2. The van der Waals surface area contributed by atoms with E-state index in [-0.39, 0.29) is 13.0 Å². The quantitative estimate of drug-likeness (QED) is 0.325. The maximum Gasteiger partial charge on any atom is 0.516 e. The smallest absolute Gasteiger partial charge is 0.453 e. The molecule has 12 nitrogen and oxygen atoms in total. The summed E-state index contributed by atoms with van der Waals surface area (Å²) in [6.45, 7) is 0.0766. The van der Waals surface area contributed by atoms with Gasteiger partial charge in [0.1, 0.15) is 0 Å². The van der Waals surface area contributed by atoms with Gasteiger partial charge >= 0.3 is 32.5 Å². The summed E-state index contributed by atoms with van der Waals surface area (Å²) in [5.74, 6) is 0. The van der Waals surface area contributed by atoms with E-state index in [1.165, 1.54) is 71.1 Å². The standard InChI is InChI=1S/C14H35NO11Si3/c1-17-13(16)15-12-11-14(27(18-2,19-3)20-4,28(21-5,22-6)23-7)29(24-8,25-9)26-10/h11-12H2,1-10H3,(H,15,16). The second-order valence-electron chi connectivity index (χ2n) is 5.58. The molecule has 1 N–H and O–H groups in total. The first kappa shape index (κ1) is 28.6. The molecule has 0 spiro atoms. The Kier molecular flexibility index (Phi) is 12.2. The van der Waals surface area contributed by atoms with E-state index < -0.39 is 36.8 Å². The molecule has 0 saturated heterocycles. The van der Waals surface area contributed by atoms with E-state index in [9.17, 15) is 4.79 Å². The highest BCUT2D eigenvalue weighted by Crippen LogP contribution is 2.58. The van der Waals surface area contributed by atoms with E-state index in [4.69, 9.17) is 39.8 Å². The van der Waals surface area contributed by atoms with Crippen molar-refractivity contribution >= 4 is 32.5 Å². The first-order valence-electron chi connectivity index (χ1n) is 8.53. The van der Waals surface area contributed by atoms with Gasteiger partial charge in [0, 0.05) is 70.5 Å². The minimum atomic E-state index is -3.79. The van der Waals surface area contributed by atoms with Crippen LogP contribution in [0.2, 0.25) is 4.28 Å². The molecule has 15 heteroatoms. The van der Waals surface area contributed by atoms with E-state index in [1.807, 2.05) is 0 Å². The van der Waals surface area contributed by atoms with Gasteiger partial charge in [0.25, 0.3) is 0 Å². The minimum absolute atomic E-state index is 0.0766. The zero-order chi connectivity index (χ0) is 22.8. The van der Waals surface area contributed by atoms with Gasteiger partial charge in [-0.05, 0) is 6.42 Å². The van der Waals surface area contributed by atoms with Crippen LogP contribution in [0.5, 0.6) is 0 Å². The molecule has 0 unspecified atom stereocenters. The van der Waals surface area contributed by atoms with Crippen LogP contribution in [0.3, 0.4) is 0 Å². The Morgan fingerprint density at radius 3 is 1.10 bits per heavy atom. The molecular formula is C14H35NO11Si3. The van der Waals surface area contributed by atoms with E-state index in [0.717, 1.165) is 0 Å². The zero-order valence-corrected chi connectivity index (χ0v) is 21.9. The predicted molar refractivity (Wildman–Crippen MR) is 108 cm³/mol. The number of methoxy groups -OCH3 is 1. The number of ether oxygens (including phenoxy) is 1. The lowest BCUT2D eigenvalue weighted by Crippen LogP contribution is -2.80. The van der Waals surface area contributed by atoms with Crippen molar-refractivity contribution < 1.29 is 49.4 Å². The van der Waals surface area contributed by atoms with Crippen molar-refractivity contribution in [1.82, 2.24) is 5.32 Å². The fourth-order valence-corrected chi connectivity index (χ4v) is 19.7. The summed E-state index contributed by atoms with van der Waals surface area (Å²) in [5.41, 5.74) is 0. The third-order valence-electron chi connectivity index (χ3n) is 4.94. The second-order valence-corrected chi connectivity index (χ2v) is 16.7. The van der Waals surface area contributed by atoms with Gasteiger partial charge in [-0.2, -0.15) is 0 Å². The Morgan fingerprint density at radius 1 is 0.621 bits per heavy atom. The van der Waals surface area contributed by atoms with Gasteiger partial charge in [-0.15, -0.1) is 0 Å². The first-order chi connectivity index (χ1) is 13.8. The maximum absolute atomic E-state index is 11.7. The van der Waals surface area contributed by atoms with Crippen molar-refractivity contribution in [3.05, 3.63) is 0 Å². The van der Waals surface area contributed by atoms with E-state index >= 15 is 0 Å². The van der Waals surface area contributed by atoms with Crippen LogP contribution in [0, 0.1) is 0 Å². The van der Waals surface area contributed by atoms with Crippen molar-refractivity contribution in [2.24, 2.45) is 0 Å². The topological polar surface area (TPSA) is 121 Å². The molecule has 0 aromatic heterocycles. The van der Waals surface area contributed by atoms with Crippen LogP contribution < -0.4 is 5.32 Å². The molecule has 0 rings (SSSR count). The molecule has 0 radical (unpaired) electrons. The third kappa shape index (κ3) is 4.60. The number of amides is 1. The van der Waals surface area contributed by atoms with Gasteiger partial charge in [0.05, 0.1) is 7.11 Å². The highest BCUT2D eigenvalue weighted by Gasteiger charge is 2.88. The highest BCUT2D eigenvalue weighted by molar-refractivity contribution is 7.02. The summed E-state index contributed by atoms with van der Waals surface area (Å²) in [6.07, 6.45) is -0.537. The second kappa shape index (κ2) is 12.4. The number of hydrogen-bond donors (Lipinski definition) is 1. The molecule has 0 bridgehead atoms. The highest BCUT2D eigenvalue weighted by atomic mass is 28.5. The predicted octanol–water partition coefficient (Wildman–Crippen LogP) is 0.186. The number of alkyl carbamates (subject to hydrolysis) is 1. The number of carbonyl (C=O) groups is 1. The van der Waals surface area contributed by atoms with Gasteiger partial charge in [-0.3, -0.25) is 0 Å². The summed E-state index contributed by atoms with van der Waals surface area (Å²) < 4.78 is 55.9. The summed E-state index contributed by atoms with van der Waals surface area (Å²) in [7, 11) is 2.77. The fourth-order valence-electron chi connectivity index (χ4n) is 3.76. The van der Waals surface area contributed by atoms with Crippen molar-refractivity contribution in [3.63, 3.8) is 0 Å². The summed E-state index contributed by atoms with van der Waals surface area (Å²) in [5, 5.41) is 2.63. The van der Waals surface area contributed by atoms with Gasteiger partial charge in [-0.1, -0.05) is 0 Å². The average Bonchev–Trinajstić information content (AvgIpc) is 2.77. The van der Waals surface area contributed by atoms with Crippen molar-refractivity contribution in [2.75, 3.05) is 77.6 Å². The van der Waals surface area contributed by atoms with Crippen LogP contribution in [0.1, 0.15) is 6.42 Å². The molecular weight excluding hydrogens is 442 g/mol. The van der Waals surface area contributed by atoms with Gasteiger partial charge in [0.15, 0.2) is 4.28 Å². The van der Waals surface area contributed by atoms with Crippen LogP contribution in [0.25, 0.3) is 0 Å². The monoisotopic (exact) mass is 477 g/mol. The Bertz CT molecular complexity index is 412. The molecule has 174 valence electrons. The van der Waals surface area contributed by atoms with Crippen molar-refractivity contribution in [1.29, 1.82) is 0 Å². The van der Waals surface area contributed by atoms with Gasteiger partial charge in [-0.25, -0.2) is 4.79 Å². The van der Waals surface area contributed by atoms with Crippen molar-refractivity contribution in [3.8, 4) is 0 Å². The molecule has 0 aromatic carbocycles.